The second-order valence-electron chi connectivity index (χ2n) is 4.51. The molecular weight excluding hydrogens is 236 g/mol. The van der Waals surface area contributed by atoms with E-state index in [9.17, 15) is 4.79 Å². The molecule has 0 radical (unpaired) electrons. The fourth-order valence-corrected chi connectivity index (χ4v) is 2.12. The first-order valence-corrected chi connectivity index (χ1v) is 6.29. The van der Waals surface area contributed by atoms with Crippen LogP contribution in [0.2, 0.25) is 0 Å². The molecule has 2 N–H and O–H groups in total. The molecule has 2 aromatic carbocycles. The van der Waals surface area contributed by atoms with Gasteiger partial charge in [-0.1, -0.05) is 36.4 Å². The average molecular weight is 254 g/mol. The van der Waals surface area contributed by atoms with Crippen molar-refractivity contribution in [3.8, 4) is 0 Å². The summed E-state index contributed by atoms with van der Waals surface area (Å²) in [5.41, 5.74) is 9.42. The molecule has 0 aliphatic carbocycles. The summed E-state index contributed by atoms with van der Waals surface area (Å²) >= 11 is 0. The first-order valence-electron chi connectivity index (χ1n) is 6.29. The highest BCUT2D eigenvalue weighted by molar-refractivity contribution is 6.02. The number of anilines is 2. The highest BCUT2D eigenvalue weighted by atomic mass is 16.2. The Morgan fingerprint density at radius 3 is 1.74 bits per heavy atom. The van der Waals surface area contributed by atoms with Gasteiger partial charge < -0.3 is 5.73 Å². The smallest absolute Gasteiger partial charge is 0.245 e. The van der Waals surface area contributed by atoms with E-state index >= 15 is 0 Å². The van der Waals surface area contributed by atoms with Crippen molar-refractivity contribution in [2.75, 3.05) is 11.4 Å². The van der Waals surface area contributed by atoms with Crippen LogP contribution in [0, 0.1) is 13.8 Å². The van der Waals surface area contributed by atoms with Gasteiger partial charge in [0.05, 0.1) is 17.9 Å². The summed E-state index contributed by atoms with van der Waals surface area (Å²) in [6.45, 7) is 3.97. The highest BCUT2D eigenvalue weighted by Gasteiger charge is 2.19. The molecule has 0 unspecified atom stereocenters. The maximum Gasteiger partial charge on any atom is 0.245 e. The van der Waals surface area contributed by atoms with Crippen molar-refractivity contribution in [3.05, 3.63) is 59.7 Å². The number of carbonyl (C=O) groups is 1. The Hall–Kier alpha value is -2.13. The van der Waals surface area contributed by atoms with E-state index in [1.165, 1.54) is 0 Å². The van der Waals surface area contributed by atoms with Gasteiger partial charge in [0.1, 0.15) is 0 Å². The first kappa shape index (κ1) is 13.3. The number of para-hydroxylation sites is 2. The zero-order chi connectivity index (χ0) is 13.8. The minimum absolute atomic E-state index is 0.0112. The average Bonchev–Trinajstić information content (AvgIpc) is 2.43. The molecule has 0 spiro atoms. The van der Waals surface area contributed by atoms with Crippen LogP contribution >= 0.6 is 0 Å². The summed E-state index contributed by atoms with van der Waals surface area (Å²) in [6, 6.07) is 15.6. The van der Waals surface area contributed by atoms with E-state index in [-0.39, 0.29) is 12.5 Å². The minimum atomic E-state index is -0.108. The van der Waals surface area contributed by atoms with E-state index in [1.807, 2.05) is 62.4 Å². The molecule has 0 aromatic heterocycles. The van der Waals surface area contributed by atoms with Gasteiger partial charge in [0, 0.05) is 0 Å². The molecular formula is C16H18N2O. The molecule has 0 atom stereocenters. The SMILES string of the molecule is Cc1ccccc1N(C(=O)CN)c1ccccc1C. The molecule has 0 heterocycles. The van der Waals surface area contributed by atoms with Crippen LogP contribution in [0.1, 0.15) is 11.1 Å². The molecule has 0 aliphatic rings. The summed E-state index contributed by atoms with van der Waals surface area (Å²) in [4.78, 5) is 13.9. The maximum absolute atomic E-state index is 12.2. The molecule has 3 nitrogen and oxygen atoms in total. The Labute approximate surface area is 113 Å². The van der Waals surface area contributed by atoms with E-state index < -0.39 is 0 Å². The Kier molecular flexibility index (Phi) is 3.97. The zero-order valence-corrected chi connectivity index (χ0v) is 11.3. The van der Waals surface area contributed by atoms with E-state index in [1.54, 1.807) is 4.90 Å². The van der Waals surface area contributed by atoms with Crippen molar-refractivity contribution in [1.29, 1.82) is 0 Å². The van der Waals surface area contributed by atoms with Crippen LogP contribution in [0.4, 0.5) is 11.4 Å². The normalized spacial score (nSPS) is 10.3. The number of nitrogens with two attached hydrogens (primary N) is 1. The third kappa shape index (κ3) is 2.66. The van der Waals surface area contributed by atoms with Crippen LogP contribution in [-0.2, 0) is 4.79 Å². The molecule has 0 saturated heterocycles. The Morgan fingerprint density at radius 2 is 1.37 bits per heavy atom. The molecule has 0 bridgehead atoms. The van der Waals surface area contributed by atoms with Gasteiger partial charge in [-0.2, -0.15) is 0 Å². The van der Waals surface area contributed by atoms with Gasteiger partial charge in [0.2, 0.25) is 5.91 Å². The molecule has 0 fully saturated rings. The van der Waals surface area contributed by atoms with Gasteiger partial charge in [-0.15, -0.1) is 0 Å². The maximum atomic E-state index is 12.2. The standard InChI is InChI=1S/C16H18N2O/c1-12-7-3-5-9-14(12)18(16(19)11-17)15-10-6-4-8-13(15)2/h3-10H,11,17H2,1-2H3. The topological polar surface area (TPSA) is 46.3 Å². The second-order valence-corrected chi connectivity index (χ2v) is 4.51. The van der Waals surface area contributed by atoms with Crippen molar-refractivity contribution in [2.45, 2.75) is 13.8 Å². The molecule has 19 heavy (non-hydrogen) atoms. The number of benzene rings is 2. The van der Waals surface area contributed by atoms with Crippen molar-refractivity contribution >= 4 is 17.3 Å². The molecule has 98 valence electrons. The summed E-state index contributed by atoms with van der Waals surface area (Å²) in [6.07, 6.45) is 0. The van der Waals surface area contributed by atoms with Gasteiger partial charge >= 0.3 is 0 Å². The first-order chi connectivity index (χ1) is 9.15. The number of aryl methyl sites for hydroxylation is 2. The summed E-state index contributed by atoms with van der Waals surface area (Å²) in [5, 5.41) is 0. The van der Waals surface area contributed by atoms with Crippen molar-refractivity contribution < 1.29 is 4.79 Å². The third-order valence-electron chi connectivity index (χ3n) is 3.14. The predicted molar refractivity (Wildman–Crippen MR) is 78.6 cm³/mol. The van der Waals surface area contributed by atoms with Crippen LogP contribution in [0.3, 0.4) is 0 Å². The number of carbonyl (C=O) groups excluding carboxylic acids is 1. The van der Waals surface area contributed by atoms with Crippen LogP contribution in [-0.4, -0.2) is 12.5 Å². The number of hydrogen-bond donors (Lipinski definition) is 1. The van der Waals surface area contributed by atoms with Gasteiger partial charge in [-0.05, 0) is 37.1 Å². The van der Waals surface area contributed by atoms with Crippen LogP contribution in [0.15, 0.2) is 48.5 Å². The summed E-state index contributed by atoms with van der Waals surface area (Å²) in [7, 11) is 0. The lowest BCUT2D eigenvalue weighted by molar-refractivity contribution is -0.116. The number of rotatable bonds is 3. The number of hydrogen-bond acceptors (Lipinski definition) is 2. The lowest BCUT2D eigenvalue weighted by Gasteiger charge is -2.25. The van der Waals surface area contributed by atoms with Crippen molar-refractivity contribution in [1.82, 2.24) is 0 Å². The van der Waals surface area contributed by atoms with Crippen molar-refractivity contribution in [2.24, 2.45) is 5.73 Å². The summed E-state index contributed by atoms with van der Waals surface area (Å²) in [5.74, 6) is -0.108. The van der Waals surface area contributed by atoms with Crippen LogP contribution in [0.25, 0.3) is 0 Å². The number of amides is 1. The van der Waals surface area contributed by atoms with E-state index in [0.717, 1.165) is 22.5 Å². The highest BCUT2D eigenvalue weighted by Crippen LogP contribution is 2.30. The van der Waals surface area contributed by atoms with Crippen molar-refractivity contribution in [3.63, 3.8) is 0 Å². The molecule has 0 saturated carbocycles. The van der Waals surface area contributed by atoms with Gasteiger partial charge in [0.25, 0.3) is 0 Å². The fourth-order valence-electron chi connectivity index (χ4n) is 2.12. The third-order valence-corrected chi connectivity index (χ3v) is 3.14. The quantitative estimate of drug-likeness (QED) is 0.915. The van der Waals surface area contributed by atoms with Gasteiger partial charge in [-0.25, -0.2) is 0 Å². The Morgan fingerprint density at radius 1 is 0.947 bits per heavy atom. The van der Waals surface area contributed by atoms with Crippen LogP contribution < -0.4 is 10.6 Å². The Bertz CT molecular complexity index is 547. The lowest BCUT2D eigenvalue weighted by atomic mass is 10.1. The molecule has 2 aromatic rings. The Balaban J connectivity index is 2.58. The van der Waals surface area contributed by atoms with E-state index in [4.69, 9.17) is 5.73 Å². The lowest BCUT2D eigenvalue weighted by Crippen LogP contribution is -2.33. The molecule has 2 rings (SSSR count). The minimum Gasteiger partial charge on any atom is -0.322 e. The molecule has 0 aliphatic heterocycles. The summed E-state index contributed by atoms with van der Waals surface area (Å²) < 4.78 is 0. The zero-order valence-electron chi connectivity index (χ0n) is 11.3. The van der Waals surface area contributed by atoms with Crippen LogP contribution in [0.5, 0.6) is 0 Å². The molecule has 1 amide bonds. The van der Waals surface area contributed by atoms with E-state index in [0.29, 0.717) is 0 Å². The van der Waals surface area contributed by atoms with Gasteiger partial charge in [-0.3, -0.25) is 9.69 Å². The van der Waals surface area contributed by atoms with Gasteiger partial charge in [0.15, 0.2) is 0 Å². The fraction of sp³-hybridized carbons (Fsp3) is 0.188. The number of nitrogens with zero attached hydrogens (tertiary/aromatic N) is 1. The predicted octanol–water partition coefficient (Wildman–Crippen LogP) is 2.93. The van der Waals surface area contributed by atoms with E-state index in [2.05, 4.69) is 0 Å². The second kappa shape index (κ2) is 5.67. The largest absolute Gasteiger partial charge is 0.322 e. The monoisotopic (exact) mass is 254 g/mol. The molecule has 3 heteroatoms.